The van der Waals surface area contributed by atoms with Crippen LogP contribution in [0.5, 0.6) is 0 Å². The van der Waals surface area contributed by atoms with E-state index in [4.69, 9.17) is 4.74 Å². The Labute approximate surface area is 120 Å². The highest BCUT2D eigenvalue weighted by atomic mass is 16.5. The molecule has 0 aromatic rings. The molecule has 0 aromatic carbocycles. The van der Waals surface area contributed by atoms with Crippen LogP contribution in [0.2, 0.25) is 0 Å². The molecule has 112 valence electrons. The molecule has 4 saturated carbocycles. The number of hydrogen-bond acceptors (Lipinski definition) is 3. The maximum absolute atomic E-state index is 13.1. The fourth-order valence-electron chi connectivity index (χ4n) is 5.80. The van der Waals surface area contributed by atoms with Gasteiger partial charge in [-0.25, -0.2) is 0 Å². The van der Waals surface area contributed by atoms with Crippen LogP contribution in [0.3, 0.4) is 0 Å². The lowest BCUT2D eigenvalue weighted by Crippen LogP contribution is -2.62. The summed E-state index contributed by atoms with van der Waals surface area (Å²) in [6, 6.07) is 0. The summed E-state index contributed by atoms with van der Waals surface area (Å²) in [6.07, 6.45) is 5.96. The smallest absolute Gasteiger partial charge is 0.229 e. The molecule has 5 fully saturated rings. The molecule has 1 saturated heterocycles. The van der Waals surface area contributed by atoms with E-state index < -0.39 is 5.60 Å². The van der Waals surface area contributed by atoms with Gasteiger partial charge in [-0.05, 0) is 57.3 Å². The zero-order chi connectivity index (χ0) is 14.0. The largest absolute Gasteiger partial charge is 0.390 e. The summed E-state index contributed by atoms with van der Waals surface area (Å²) in [5.41, 5.74) is -0.798. The van der Waals surface area contributed by atoms with Crippen molar-refractivity contribution < 1.29 is 14.6 Å². The van der Waals surface area contributed by atoms with Gasteiger partial charge in [0.1, 0.15) is 0 Å². The first kappa shape index (κ1) is 13.1. The summed E-state index contributed by atoms with van der Waals surface area (Å²) in [4.78, 5) is 15.1. The average molecular weight is 279 g/mol. The van der Waals surface area contributed by atoms with Crippen molar-refractivity contribution in [1.82, 2.24) is 4.90 Å². The van der Waals surface area contributed by atoms with E-state index in [2.05, 4.69) is 0 Å². The molecular formula is C16H25NO3. The van der Waals surface area contributed by atoms with Gasteiger partial charge < -0.3 is 14.7 Å². The Kier molecular flexibility index (Phi) is 2.75. The molecule has 4 bridgehead atoms. The third-order valence-corrected chi connectivity index (χ3v) is 6.01. The molecule has 0 spiro atoms. The summed E-state index contributed by atoms with van der Waals surface area (Å²) >= 11 is 0. The molecule has 20 heavy (non-hydrogen) atoms. The van der Waals surface area contributed by atoms with Gasteiger partial charge in [0, 0.05) is 13.1 Å². The molecule has 1 amide bonds. The van der Waals surface area contributed by atoms with Crippen molar-refractivity contribution in [1.29, 1.82) is 0 Å². The van der Waals surface area contributed by atoms with Gasteiger partial charge in [-0.2, -0.15) is 0 Å². The number of nitrogens with zero attached hydrogens (tertiary/aromatic N) is 1. The van der Waals surface area contributed by atoms with Crippen LogP contribution in [0, 0.1) is 17.3 Å². The zero-order valence-corrected chi connectivity index (χ0v) is 12.3. The molecule has 5 aliphatic rings. The summed E-state index contributed by atoms with van der Waals surface area (Å²) in [5.74, 6) is 1.45. The van der Waals surface area contributed by atoms with E-state index in [1.165, 1.54) is 6.42 Å². The number of ether oxygens (including phenoxy) is 1. The van der Waals surface area contributed by atoms with Crippen molar-refractivity contribution in [3.63, 3.8) is 0 Å². The third-order valence-electron chi connectivity index (χ3n) is 6.01. The minimum Gasteiger partial charge on any atom is -0.390 e. The van der Waals surface area contributed by atoms with Crippen LogP contribution in [0.15, 0.2) is 0 Å². The highest BCUT2D eigenvalue weighted by Crippen LogP contribution is 2.62. The van der Waals surface area contributed by atoms with Gasteiger partial charge in [0.2, 0.25) is 5.91 Å². The standard InChI is InChI=1S/C16H25NO3/c1-11-9-17(2-3-20-11)14(18)15-5-12-4-13(6-15)8-16(19,7-12)10-15/h11-13,19H,2-10H2,1H3. The Morgan fingerprint density at radius 2 is 1.95 bits per heavy atom. The van der Waals surface area contributed by atoms with E-state index in [9.17, 15) is 9.90 Å². The molecule has 3 unspecified atom stereocenters. The number of carbonyl (C=O) groups is 1. The quantitative estimate of drug-likeness (QED) is 0.792. The number of amides is 1. The Bertz CT molecular complexity index is 421. The summed E-state index contributed by atoms with van der Waals surface area (Å²) in [6.45, 7) is 4.12. The first-order valence-electron chi connectivity index (χ1n) is 8.11. The van der Waals surface area contributed by atoms with Crippen LogP contribution in [0.25, 0.3) is 0 Å². The zero-order valence-electron chi connectivity index (χ0n) is 12.3. The van der Waals surface area contributed by atoms with Crippen LogP contribution >= 0.6 is 0 Å². The van der Waals surface area contributed by atoms with Gasteiger partial charge in [0.25, 0.3) is 0 Å². The van der Waals surface area contributed by atoms with Crippen LogP contribution in [0.4, 0.5) is 0 Å². The lowest BCUT2D eigenvalue weighted by Gasteiger charge is -2.60. The molecule has 1 heterocycles. The lowest BCUT2D eigenvalue weighted by atomic mass is 9.47. The molecule has 5 rings (SSSR count). The minimum absolute atomic E-state index is 0.143. The molecule has 0 aromatic heterocycles. The fraction of sp³-hybridized carbons (Fsp3) is 0.938. The normalized spacial score (nSPS) is 50.5. The van der Waals surface area contributed by atoms with Crippen LogP contribution in [0.1, 0.15) is 45.4 Å². The Hall–Kier alpha value is -0.610. The maximum atomic E-state index is 13.1. The Morgan fingerprint density at radius 1 is 1.25 bits per heavy atom. The number of morpholine rings is 1. The molecular weight excluding hydrogens is 254 g/mol. The highest BCUT2D eigenvalue weighted by molar-refractivity contribution is 5.83. The van der Waals surface area contributed by atoms with E-state index >= 15 is 0 Å². The van der Waals surface area contributed by atoms with Gasteiger partial charge in [0.05, 0.1) is 23.7 Å². The molecule has 4 heteroatoms. The lowest BCUT2D eigenvalue weighted by molar-refractivity contribution is -0.189. The summed E-state index contributed by atoms with van der Waals surface area (Å²) in [7, 11) is 0. The fourth-order valence-corrected chi connectivity index (χ4v) is 5.80. The van der Waals surface area contributed by atoms with Gasteiger partial charge in [-0.15, -0.1) is 0 Å². The van der Waals surface area contributed by atoms with Crippen molar-refractivity contribution in [2.75, 3.05) is 19.7 Å². The van der Waals surface area contributed by atoms with Gasteiger partial charge in [-0.1, -0.05) is 0 Å². The predicted molar refractivity (Wildman–Crippen MR) is 74.1 cm³/mol. The number of rotatable bonds is 1. The number of hydrogen-bond donors (Lipinski definition) is 1. The van der Waals surface area contributed by atoms with E-state index in [0.29, 0.717) is 37.3 Å². The first-order valence-corrected chi connectivity index (χ1v) is 8.11. The molecule has 4 nitrogen and oxygen atoms in total. The van der Waals surface area contributed by atoms with E-state index in [0.717, 1.165) is 32.2 Å². The van der Waals surface area contributed by atoms with E-state index in [1.807, 2.05) is 11.8 Å². The molecule has 1 aliphatic heterocycles. The second kappa shape index (κ2) is 4.20. The Morgan fingerprint density at radius 3 is 2.55 bits per heavy atom. The van der Waals surface area contributed by atoms with Gasteiger partial charge in [0.15, 0.2) is 0 Å². The third kappa shape index (κ3) is 1.92. The second-order valence-corrected chi connectivity index (χ2v) is 7.90. The highest BCUT2D eigenvalue weighted by Gasteiger charge is 2.60. The maximum Gasteiger partial charge on any atom is 0.229 e. The van der Waals surface area contributed by atoms with Crippen molar-refractivity contribution >= 4 is 5.91 Å². The van der Waals surface area contributed by atoms with Crippen LogP contribution < -0.4 is 0 Å². The summed E-state index contributed by atoms with van der Waals surface area (Å²) < 4.78 is 5.55. The summed E-state index contributed by atoms with van der Waals surface area (Å²) in [5, 5.41) is 10.8. The number of aliphatic hydroxyl groups is 1. The first-order chi connectivity index (χ1) is 9.48. The SMILES string of the molecule is CC1CN(C(=O)C23CC4CC(CC(O)(C4)C2)C3)CCO1. The molecule has 4 aliphatic carbocycles. The van der Waals surface area contributed by atoms with Crippen molar-refractivity contribution in [3.8, 4) is 0 Å². The molecule has 1 N–H and O–H groups in total. The molecule has 0 radical (unpaired) electrons. The van der Waals surface area contributed by atoms with Crippen LogP contribution in [-0.2, 0) is 9.53 Å². The topological polar surface area (TPSA) is 49.8 Å². The van der Waals surface area contributed by atoms with Crippen LogP contribution in [-0.4, -0.2) is 47.3 Å². The van der Waals surface area contributed by atoms with Crippen molar-refractivity contribution in [3.05, 3.63) is 0 Å². The molecule has 3 atom stereocenters. The number of carbonyl (C=O) groups excluding carboxylic acids is 1. The average Bonchev–Trinajstić information content (AvgIpc) is 2.35. The van der Waals surface area contributed by atoms with Gasteiger partial charge in [-0.3, -0.25) is 4.79 Å². The van der Waals surface area contributed by atoms with E-state index in [-0.39, 0.29) is 11.5 Å². The van der Waals surface area contributed by atoms with Crippen molar-refractivity contribution in [2.45, 2.75) is 57.2 Å². The minimum atomic E-state index is -0.544. The predicted octanol–water partition coefficient (Wildman–Crippen LogP) is 1.56. The monoisotopic (exact) mass is 279 g/mol. The van der Waals surface area contributed by atoms with E-state index in [1.54, 1.807) is 0 Å². The second-order valence-electron chi connectivity index (χ2n) is 7.90. The Balaban J connectivity index is 1.59. The van der Waals surface area contributed by atoms with Crippen molar-refractivity contribution in [2.24, 2.45) is 17.3 Å². The van der Waals surface area contributed by atoms with Gasteiger partial charge >= 0.3 is 0 Å².